The molecule has 0 saturated carbocycles. The molecular weight excluding hydrogens is 282 g/mol. The van der Waals surface area contributed by atoms with Crippen molar-refractivity contribution in [2.75, 3.05) is 0 Å². The lowest BCUT2D eigenvalue weighted by Gasteiger charge is -2.05. The summed E-state index contributed by atoms with van der Waals surface area (Å²) < 4.78 is 5.70. The number of hydrogen-bond donors (Lipinski definition) is 3. The number of H-pyrrole nitrogens is 1. The van der Waals surface area contributed by atoms with Crippen LogP contribution in [0.3, 0.4) is 0 Å². The van der Waals surface area contributed by atoms with Crippen LogP contribution in [0.25, 0.3) is 33.2 Å². The number of nitrogens with one attached hydrogen (secondary N) is 1. The molecular formula is C17H11NO4. The number of phenolic OH excluding ortho intramolecular Hbond substituents is 1. The first-order valence-electron chi connectivity index (χ1n) is 6.70. The van der Waals surface area contributed by atoms with Crippen molar-refractivity contribution in [3.8, 4) is 22.8 Å². The number of aromatic amines is 1. The first-order valence-corrected chi connectivity index (χ1v) is 6.70. The van der Waals surface area contributed by atoms with Crippen molar-refractivity contribution >= 4 is 21.9 Å². The molecule has 0 radical (unpaired) electrons. The van der Waals surface area contributed by atoms with Gasteiger partial charge in [-0.1, -0.05) is 18.2 Å². The number of para-hydroxylation sites is 1. The van der Waals surface area contributed by atoms with Gasteiger partial charge in [-0.15, -0.1) is 0 Å². The number of fused-ring (bicyclic) bond motifs is 2. The predicted octanol–water partition coefficient (Wildman–Crippen LogP) is 3.35. The van der Waals surface area contributed by atoms with Crippen LogP contribution in [0.1, 0.15) is 0 Å². The van der Waals surface area contributed by atoms with Crippen LogP contribution in [-0.2, 0) is 0 Å². The molecule has 4 aromatic rings. The van der Waals surface area contributed by atoms with Crippen LogP contribution < -0.4 is 5.43 Å². The van der Waals surface area contributed by atoms with Gasteiger partial charge in [-0.3, -0.25) is 4.79 Å². The van der Waals surface area contributed by atoms with Crippen LogP contribution in [-0.4, -0.2) is 15.2 Å². The maximum Gasteiger partial charge on any atom is 0.235 e. The molecule has 0 atom stereocenters. The molecule has 0 amide bonds. The average molecular weight is 293 g/mol. The molecule has 108 valence electrons. The van der Waals surface area contributed by atoms with Crippen molar-refractivity contribution in [2.24, 2.45) is 0 Å². The smallest absolute Gasteiger partial charge is 0.235 e. The fraction of sp³-hybridized carbons (Fsp3) is 0. The van der Waals surface area contributed by atoms with Crippen molar-refractivity contribution in [2.45, 2.75) is 0 Å². The summed E-state index contributed by atoms with van der Waals surface area (Å²) in [5.41, 5.74) is 1.23. The number of aromatic nitrogens is 1. The second-order valence-electron chi connectivity index (χ2n) is 5.04. The second-order valence-corrected chi connectivity index (χ2v) is 5.04. The van der Waals surface area contributed by atoms with Crippen molar-refractivity contribution in [1.82, 2.24) is 4.98 Å². The monoisotopic (exact) mass is 293 g/mol. The molecule has 2 aromatic carbocycles. The predicted molar refractivity (Wildman–Crippen MR) is 83.1 cm³/mol. The molecule has 0 aliphatic rings. The molecule has 2 heterocycles. The van der Waals surface area contributed by atoms with Gasteiger partial charge in [-0.2, -0.15) is 0 Å². The third-order valence-corrected chi connectivity index (χ3v) is 3.68. The molecule has 5 nitrogen and oxygen atoms in total. The Labute approximate surface area is 124 Å². The first kappa shape index (κ1) is 12.5. The molecule has 0 aliphatic carbocycles. The molecule has 2 aromatic heterocycles. The third kappa shape index (κ3) is 1.69. The highest BCUT2D eigenvalue weighted by molar-refractivity contribution is 5.96. The molecule has 3 N–H and O–H groups in total. The Morgan fingerprint density at radius 3 is 2.68 bits per heavy atom. The third-order valence-electron chi connectivity index (χ3n) is 3.68. The van der Waals surface area contributed by atoms with E-state index in [1.54, 1.807) is 6.20 Å². The number of phenols is 1. The molecule has 22 heavy (non-hydrogen) atoms. The summed E-state index contributed by atoms with van der Waals surface area (Å²) in [4.78, 5) is 15.4. The molecule has 5 heteroatoms. The summed E-state index contributed by atoms with van der Waals surface area (Å²) in [5.74, 6) is -0.414. The number of hydrogen-bond acceptors (Lipinski definition) is 4. The number of rotatable bonds is 1. The van der Waals surface area contributed by atoms with Gasteiger partial charge < -0.3 is 19.6 Å². The molecule has 0 saturated heterocycles. The van der Waals surface area contributed by atoms with Gasteiger partial charge in [0, 0.05) is 22.7 Å². The van der Waals surface area contributed by atoms with E-state index in [0.29, 0.717) is 11.1 Å². The van der Waals surface area contributed by atoms with E-state index in [0.717, 1.165) is 10.9 Å². The Morgan fingerprint density at radius 1 is 1.00 bits per heavy atom. The van der Waals surface area contributed by atoms with E-state index in [2.05, 4.69) is 4.98 Å². The van der Waals surface area contributed by atoms with Gasteiger partial charge >= 0.3 is 0 Å². The summed E-state index contributed by atoms with van der Waals surface area (Å²) in [5, 5.41) is 20.7. The minimum Gasteiger partial charge on any atom is -0.508 e. The highest BCUT2D eigenvalue weighted by atomic mass is 16.4. The first-order chi connectivity index (χ1) is 10.6. The van der Waals surface area contributed by atoms with Gasteiger partial charge in [0.05, 0.1) is 5.39 Å². The lowest BCUT2D eigenvalue weighted by molar-refractivity contribution is 0.448. The quantitative estimate of drug-likeness (QED) is 0.502. The van der Waals surface area contributed by atoms with Crippen LogP contribution in [0, 0.1) is 0 Å². The van der Waals surface area contributed by atoms with Gasteiger partial charge in [0.25, 0.3) is 0 Å². The molecule has 4 rings (SSSR count). The van der Waals surface area contributed by atoms with Crippen molar-refractivity contribution < 1.29 is 14.6 Å². The minimum absolute atomic E-state index is 0.0564. The van der Waals surface area contributed by atoms with E-state index >= 15 is 0 Å². The van der Waals surface area contributed by atoms with Crippen LogP contribution >= 0.6 is 0 Å². The summed E-state index contributed by atoms with van der Waals surface area (Å²) in [6.07, 6.45) is 1.69. The van der Waals surface area contributed by atoms with E-state index in [-0.39, 0.29) is 16.9 Å². The van der Waals surface area contributed by atoms with Gasteiger partial charge in [-0.05, 0) is 24.3 Å². The van der Waals surface area contributed by atoms with Crippen molar-refractivity contribution in [1.29, 1.82) is 0 Å². The summed E-state index contributed by atoms with van der Waals surface area (Å²) in [6.45, 7) is 0. The average Bonchev–Trinajstić information content (AvgIpc) is 2.95. The Morgan fingerprint density at radius 2 is 1.82 bits per heavy atom. The topological polar surface area (TPSA) is 86.5 Å². The zero-order valence-electron chi connectivity index (χ0n) is 11.3. The van der Waals surface area contributed by atoms with Crippen LogP contribution in [0.2, 0.25) is 0 Å². The molecule has 0 spiro atoms. The summed E-state index contributed by atoms with van der Waals surface area (Å²) >= 11 is 0. The highest BCUT2D eigenvalue weighted by Gasteiger charge is 2.18. The van der Waals surface area contributed by atoms with Crippen molar-refractivity contribution in [3.63, 3.8) is 0 Å². The summed E-state index contributed by atoms with van der Waals surface area (Å²) in [6, 6.07) is 11.7. The van der Waals surface area contributed by atoms with E-state index < -0.39 is 11.2 Å². The molecule has 0 unspecified atom stereocenters. The normalized spacial score (nSPS) is 11.3. The summed E-state index contributed by atoms with van der Waals surface area (Å²) in [7, 11) is 0. The van der Waals surface area contributed by atoms with E-state index in [9.17, 15) is 15.0 Å². The maximum absolute atomic E-state index is 12.3. The molecule has 0 fully saturated rings. The van der Waals surface area contributed by atoms with E-state index in [4.69, 9.17) is 4.42 Å². The van der Waals surface area contributed by atoms with Gasteiger partial charge in [0.2, 0.25) is 11.2 Å². The SMILES string of the molecule is O=c1c(O)c(-c2c[nH]c3ccccc23)oc2ccc(O)cc12. The van der Waals surface area contributed by atoms with E-state index in [1.165, 1.54) is 18.2 Å². The zero-order chi connectivity index (χ0) is 15.3. The van der Waals surface area contributed by atoms with Crippen LogP contribution in [0.4, 0.5) is 0 Å². The number of aromatic hydroxyl groups is 2. The lowest BCUT2D eigenvalue weighted by Crippen LogP contribution is -2.02. The molecule has 0 bridgehead atoms. The minimum atomic E-state index is -0.572. The zero-order valence-corrected chi connectivity index (χ0v) is 11.3. The Balaban J connectivity index is 2.09. The standard InChI is InChI=1S/C17H11NO4/c19-9-5-6-14-11(7-9)15(20)16(21)17(22-14)12-8-18-13-4-2-1-3-10(12)13/h1-8,18-19,21H. The van der Waals surface area contributed by atoms with Crippen LogP contribution in [0.15, 0.2) is 57.9 Å². The largest absolute Gasteiger partial charge is 0.508 e. The highest BCUT2D eigenvalue weighted by Crippen LogP contribution is 2.35. The Bertz CT molecular complexity index is 1080. The lowest BCUT2D eigenvalue weighted by atomic mass is 10.1. The van der Waals surface area contributed by atoms with Gasteiger partial charge in [-0.25, -0.2) is 0 Å². The fourth-order valence-electron chi connectivity index (χ4n) is 2.62. The van der Waals surface area contributed by atoms with Crippen molar-refractivity contribution in [3.05, 3.63) is 58.9 Å². The maximum atomic E-state index is 12.3. The molecule has 0 aliphatic heterocycles. The van der Waals surface area contributed by atoms with E-state index in [1.807, 2.05) is 24.3 Å². The second kappa shape index (κ2) is 4.39. The number of benzene rings is 2. The Kier molecular flexibility index (Phi) is 2.50. The van der Waals surface area contributed by atoms with Gasteiger partial charge in [0.15, 0.2) is 5.76 Å². The van der Waals surface area contributed by atoms with Crippen LogP contribution in [0.5, 0.6) is 11.5 Å². The fourth-order valence-corrected chi connectivity index (χ4v) is 2.62. The Hall–Kier alpha value is -3.21. The van der Waals surface area contributed by atoms with Gasteiger partial charge in [0.1, 0.15) is 11.3 Å².